The lowest BCUT2D eigenvalue weighted by Crippen LogP contribution is -2.20. The summed E-state index contributed by atoms with van der Waals surface area (Å²) in [5.74, 6) is 0.379. The number of anilines is 1. The Kier molecular flexibility index (Phi) is 5.11. The number of aromatic nitrogens is 2. The molecule has 4 N–H and O–H groups in total. The molecule has 0 spiro atoms. The van der Waals surface area contributed by atoms with Gasteiger partial charge in [-0.25, -0.2) is 4.98 Å². The molecule has 0 aliphatic heterocycles. The second-order valence-electron chi connectivity index (χ2n) is 7.90. The van der Waals surface area contributed by atoms with Crippen molar-refractivity contribution in [2.75, 3.05) is 5.32 Å². The first-order valence-electron chi connectivity index (χ1n) is 10.4. The molecule has 152 valence electrons. The van der Waals surface area contributed by atoms with Gasteiger partial charge in [0.15, 0.2) is 0 Å². The zero-order valence-electron chi connectivity index (χ0n) is 16.6. The third-order valence-electron chi connectivity index (χ3n) is 6.08. The van der Waals surface area contributed by atoms with E-state index in [1.165, 1.54) is 25.7 Å². The Morgan fingerprint density at radius 1 is 1.20 bits per heavy atom. The Labute approximate surface area is 179 Å². The molecule has 1 aliphatic rings. The maximum Gasteiger partial charge on any atom is 0.255 e. The first-order valence-corrected chi connectivity index (χ1v) is 11.3. The minimum atomic E-state index is -0.137. The number of fused-ring (bicyclic) bond motifs is 1. The molecule has 3 aromatic heterocycles. The number of carbonyl (C=O) groups excluding carboxylic acids is 1. The number of nitrogens with two attached hydrogens (primary N) is 1. The van der Waals surface area contributed by atoms with Crippen molar-refractivity contribution < 1.29 is 4.79 Å². The first-order chi connectivity index (χ1) is 14.7. The van der Waals surface area contributed by atoms with E-state index in [4.69, 9.17) is 5.73 Å². The van der Waals surface area contributed by atoms with Crippen molar-refractivity contribution in [1.82, 2.24) is 9.97 Å². The Morgan fingerprint density at radius 2 is 2.07 bits per heavy atom. The monoisotopic (exact) mass is 416 g/mol. The number of thiophene rings is 1. The summed E-state index contributed by atoms with van der Waals surface area (Å²) in [5, 5.41) is 5.99. The van der Waals surface area contributed by atoms with Gasteiger partial charge in [-0.1, -0.05) is 25.0 Å². The van der Waals surface area contributed by atoms with Gasteiger partial charge in [0.25, 0.3) is 5.91 Å². The van der Waals surface area contributed by atoms with Crippen molar-refractivity contribution in [2.24, 2.45) is 11.7 Å². The lowest BCUT2D eigenvalue weighted by atomic mass is 9.88. The predicted octanol–water partition coefficient (Wildman–Crippen LogP) is 5.73. The van der Waals surface area contributed by atoms with E-state index < -0.39 is 0 Å². The number of H-pyrrole nitrogens is 1. The second-order valence-corrected chi connectivity index (χ2v) is 8.85. The van der Waals surface area contributed by atoms with Crippen LogP contribution >= 0.6 is 11.3 Å². The van der Waals surface area contributed by atoms with Gasteiger partial charge in [-0.15, -0.1) is 11.3 Å². The summed E-state index contributed by atoms with van der Waals surface area (Å²) >= 11 is 1.68. The number of nitrogens with one attached hydrogen (secondary N) is 2. The molecular weight excluding hydrogens is 392 g/mol. The van der Waals surface area contributed by atoms with Crippen LogP contribution in [0.5, 0.6) is 0 Å². The summed E-state index contributed by atoms with van der Waals surface area (Å²) in [6, 6.07) is 13.8. The molecule has 5 rings (SSSR count). The molecule has 1 amide bonds. The van der Waals surface area contributed by atoms with E-state index in [0.717, 1.165) is 32.7 Å². The van der Waals surface area contributed by atoms with E-state index in [1.807, 2.05) is 42.6 Å². The minimum absolute atomic E-state index is 0.00129. The van der Waals surface area contributed by atoms with E-state index in [0.29, 0.717) is 11.5 Å². The van der Waals surface area contributed by atoms with Crippen molar-refractivity contribution in [1.29, 1.82) is 0 Å². The van der Waals surface area contributed by atoms with Crippen molar-refractivity contribution in [2.45, 2.75) is 31.7 Å². The highest BCUT2D eigenvalue weighted by Crippen LogP contribution is 2.39. The number of carbonyl (C=O) groups is 1. The number of aromatic amines is 1. The van der Waals surface area contributed by atoms with Gasteiger partial charge in [0.1, 0.15) is 5.65 Å². The number of nitrogens with zero attached hydrogens (tertiary/aromatic N) is 1. The van der Waals surface area contributed by atoms with E-state index >= 15 is 0 Å². The standard InChI is InChI=1S/C24H24N4OS/c25-22(15-4-1-2-5-15)17-8-7-16(14-19(17)21-6-3-13-30-21)24(29)28-20-10-12-27-23-18(20)9-11-26-23/h3,6-15,22H,1-2,4-5,25H2,(H2,26,27,28,29). The molecule has 0 bridgehead atoms. The van der Waals surface area contributed by atoms with Crippen LogP contribution < -0.4 is 11.1 Å². The number of benzene rings is 1. The van der Waals surface area contributed by atoms with Crippen molar-refractivity contribution >= 4 is 34.0 Å². The SMILES string of the molecule is NC(c1ccc(C(=O)Nc2ccnc3[nH]ccc23)cc1-c1cccs1)C1CCCC1. The van der Waals surface area contributed by atoms with Crippen LogP contribution in [0.1, 0.15) is 47.6 Å². The third kappa shape index (κ3) is 3.53. The molecule has 0 saturated heterocycles. The van der Waals surface area contributed by atoms with Crippen molar-refractivity contribution in [3.8, 4) is 10.4 Å². The summed E-state index contributed by atoms with van der Waals surface area (Å²) < 4.78 is 0. The lowest BCUT2D eigenvalue weighted by molar-refractivity contribution is 0.102. The smallest absolute Gasteiger partial charge is 0.255 e. The van der Waals surface area contributed by atoms with E-state index in [-0.39, 0.29) is 11.9 Å². The van der Waals surface area contributed by atoms with Crippen molar-refractivity contribution in [3.63, 3.8) is 0 Å². The Morgan fingerprint density at radius 3 is 2.87 bits per heavy atom. The van der Waals surface area contributed by atoms with Gasteiger partial charge in [-0.2, -0.15) is 0 Å². The molecule has 3 heterocycles. The molecule has 6 heteroatoms. The van der Waals surface area contributed by atoms with Crippen LogP contribution in [0, 0.1) is 5.92 Å². The average Bonchev–Trinajstić information content (AvgIpc) is 3.55. The molecule has 4 aromatic rings. The quantitative estimate of drug-likeness (QED) is 0.388. The van der Waals surface area contributed by atoms with E-state index in [9.17, 15) is 4.79 Å². The van der Waals surface area contributed by atoms with Gasteiger partial charge >= 0.3 is 0 Å². The Hall–Kier alpha value is -2.96. The second kappa shape index (κ2) is 8.05. The zero-order valence-corrected chi connectivity index (χ0v) is 17.4. The highest BCUT2D eigenvalue weighted by molar-refractivity contribution is 7.13. The first kappa shape index (κ1) is 19.0. The number of hydrogen-bond acceptors (Lipinski definition) is 4. The molecule has 5 nitrogen and oxygen atoms in total. The lowest BCUT2D eigenvalue weighted by Gasteiger charge is -2.22. The number of hydrogen-bond donors (Lipinski definition) is 3. The predicted molar refractivity (Wildman–Crippen MR) is 123 cm³/mol. The van der Waals surface area contributed by atoms with Gasteiger partial charge in [-0.3, -0.25) is 4.79 Å². The summed E-state index contributed by atoms with van der Waals surface area (Å²) in [5.41, 5.74) is 11.0. The summed E-state index contributed by atoms with van der Waals surface area (Å²) in [6.07, 6.45) is 8.39. The molecule has 30 heavy (non-hydrogen) atoms. The molecule has 1 unspecified atom stereocenters. The highest BCUT2D eigenvalue weighted by Gasteiger charge is 2.26. The number of amides is 1. The van der Waals surface area contributed by atoms with Crippen LogP contribution in [0.15, 0.2) is 60.2 Å². The van der Waals surface area contributed by atoms with Crippen molar-refractivity contribution in [3.05, 3.63) is 71.4 Å². The summed E-state index contributed by atoms with van der Waals surface area (Å²) in [4.78, 5) is 21.6. The maximum atomic E-state index is 13.1. The third-order valence-corrected chi connectivity index (χ3v) is 6.98. The van der Waals surface area contributed by atoms with Crippen LogP contribution in [-0.2, 0) is 0 Å². The average molecular weight is 417 g/mol. The molecule has 1 aliphatic carbocycles. The fraction of sp³-hybridized carbons (Fsp3) is 0.250. The number of rotatable bonds is 5. The highest BCUT2D eigenvalue weighted by atomic mass is 32.1. The maximum absolute atomic E-state index is 13.1. The van der Waals surface area contributed by atoms with Gasteiger partial charge in [0.2, 0.25) is 0 Å². The van der Waals surface area contributed by atoms with Gasteiger partial charge in [0.05, 0.1) is 5.69 Å². The molecule has 1 atom stereocenters. The van der Waals surface area contributed by atoms with Gasteiger partial charge < -0.3 is 16.0 Å². The minimum Gasteiger partial charge on any atom is -0.346 e. The Balaban J connectivity index is 1.49. The fourth-order valence-corrected chi connectivity index (χ4v) is 5.23. The van der Waals surface area contributed by atoms with Crippen LogP contribution in [0.2, 0.25) is 0 Å². The summed E-state index contributed by atoms with van der Waals surface area (Å²) in [6.45, 7) is 0. The summed E-state index contributed by atoms with van der Waals surface area (Å²) in [7, 11) is 0. The molecular formula is C24H24N4OS. The molecule has 0 radical (unpaired) electrons. The Bertz CT molecular complexity index is 1180. The largest absolute Gasteiger partial charge is 0.346 e. The normalized spacial score (nSPS) is 15.5. The van der Waals surface area contributed by atoms with E-state index in [1.54, 1.807) is 17.5 Å². The molecule has 1 aromatic carbocycles. The topological polar surface area (TPSA) is 83.8 Å². The van der Waals surface area contributed by atoms with Crippen LogP contribution in [0.25, 0.3) is 21.5 Å². The molecule has 1 fully saturated rings. The van der Waals surface area contributed by atoms with Crippen LogP contribution in [0.4, 0.5) is 5.69 Å². The van der Waals surface area contributed by atoms with Crippen LogP contribution in [0.3, 0.4) is 0 Å². The van der Waals surface area contributed by atoms with Gasteiger partial charge in [-0.05, 0) is 65.6 Å². The van der Waals surface area contributed by atoms with Crippen LogP contribution in [-0.4, -0.2) is 15.9 Å². The van der Waals surface area contributed by atoms with E-state index in [2.05, 4.69) is 26.7 Å². The zero-order chi connectivity index (χ0) is 20.5. The molecule has 1 saturated carbocycles. The fourth-order valence-electron chi connectivity index (χ4n) is 4.47. The van der Waals surface area contributed by atoms with Gasteiger partial charge in [0, 0.05) is 34.3 Å². The number of pyridine rings is 1.